The molecule has 0 bridgehead atoms. The number of nitrogens with one attached hydrogen (secondary N) is 2. The van der Waals surface area contributed by atoms with E-state index in [1.807, 2.05) is 31.2 Å². The van der Waals surface area contributed by atoms with Crippen LogP contribution in [0.4, 0.5) is 18.9 Å². The number of Topliss-reactive ketones (excluding diaryl/α,β-unsaturated/α-hetero) is 1. The average molecular weight is 627 g/mol. The lowest BCUT2D eigenvalue weighted by molar-refractivity contribution is -0.130. The van der Waals surface area contributed by atoms with Gasteiger partial charge in [-0.1, -0.05) is 68.8 Å². The van der Waals surface area contributed by atoms with Crippen LogP contribution in [0, 0.1) is 0 Å². The van der Waals surface area contributed by atoms with Gasteiger partial charge in [-0.25, -0.2) is 0 Å². The van der Waals surface area contributed by atoms with Gasteiger partial charge in [0.25, 0.3) is 5.91 Å². The van der Waals surface area contributed by atoms with E-state index in [2.05, 4.69) is 51.9 Å². The Bertz CT molecular complexity index is 1360. The van der Waals surface area contributed by atoms with Crippen LogP contribution < -0.4 is 10.8 Å². The van der Waals surface area contributed by atoms with Crippen LogP contribution in [0.5, 0.6) is 0 Å². The van der Waals surface area contributed by atoms with Crippen molar-refractivity contribution in [3.05, 3.63) is 83.7 Å². The van der Waals surface area contributed by atoms with Crippen LogP contribution in [-0.2, 0) is 15.0 Å². The summed E-state index contributed by atoms with van der Waals surface area (Å²) < 4.78 is 32.4. The number of unbranched alkanes of at least 4 members (excludes halogenated alkanes) is 1. The average Bonchev–Trinajstić information content (AvgIpc) is 3.31. The van der Waals surface area contributed by atoms with E-state index in [9.17, 15) is 22.8 Å². The molecular weight excluding hydrogens is 581 g/mol. The molecule has 0 atom stereocenters. The Balaban J connectivity index is 0.000000212. The van der Waals surface area contributed by atoms with Gasteiger partial charge in [-0.2, -0.15) is 13.2 Å². The van der Waals surface area contributed by atoms with Gasteiger partial charge in [-0.05, 0) is 74.0 Å². The summed E-state index contributed by atoms with van der Waals surface area (Å²) in [6.07, 6.45) is 1.40. The monoisotopic (exact) mass is 626 g/mol. The molecule has 0 spiro atoms. The topological polar surface area (TPSA) is 83.6 Å². The largest absolute Gasteiger partial charge is 0.388 e. The second kappa shape index (κ2) is 16.5. The van der Waals surface area contributed by atoms with Gasteiger partial charge in [0.05, 0.1) is 18.2 Å². The Kier molecular flexibility index (Phi) is 13.1. The van der Waals surface area contributed by atoms with Crippen molar-refractivity contribution >= 4 is 17.4 Å². The number of fused-ring (bicyclic) bond motifs is 3. The normalized spacial score (nSPS) is 15.4. The summed E-state index contributed by atoms with van der Waals surface area (Å²) in [5.74, 6) is 0.0849. The highest BCUT2D eigenvalue weighted by Crippen LogP contribution is 2.48. The lowest BCUT2D eigenvalue weighted by atomic mass is 9.77. The molecule has 10 heteroatoms. The Hall–Kier alpha value is -3.76. The molecule has 2 heterocycles. The van der Waals surface area contributed by atoms with Gasteiger partial charge in [0.2, 0.25) is 0 Å². The summed E-state index contributed by atoms with van der Waals surface area (Å²) >= 11 is 0. The highest BCUT2D eigenvalue weighted by molar-refractivity contribution is 6.00. The van der Waals surface area contributed by atoms with Crippen molar-refractivity contribution in [1.82, 2.24) is 15.2 Å². The molecule has 5 rings (SSSR count). The maximum absolute atomic E-state index is 12.3. The summed E-state index contributed by atoms with van der Waals surface area (Å²) in [5, 5.41) is 3.08. The number of likely N-dealkylation sites (tertiary alicyclic amines) is 1. The quantitative estimate of drug-likeness (QED) is 0.251. The summed E-state index contributed by atoms with van der Waals surface area (Å²) in [7, 11) is 1.53. The molecular formula is C35H45F3N4O3. The number of benzene rings is 2. The van der Waals surface area contributed by atoms with Crippen molar-refractivity contribution in [2.75, 3.05) is 32.2 Å². The van der Waals surface area contributed by atoms with Crippen molar-refractivity contribution < 1.29 is 27.6 Å². The summed E-state index contributed by atoms with van der Waals surface area (Å²) in [4.78, 5) is 35.8. The van der Waals surface area contributed by atoms with Crippen LogP contribution >= 0.6 is 0 Å². The molecule has 1 aromatic heterocycles. The molecule has 2 aromatic carbocycles. The summed E-state index contributed by atoms with van der Waals surface area (Å²) in [6, 6.07) is 20.1. The van der Waals surface area contributed by atoms with E-state index in [1.54, 1.807) is 25.3 Å². The maximum Gasteiger partial charge on any atom is 0.388 e. The number of carbonyl (C=O) groups is 2. The molecule has 244 valence electrons. The second-order valence-corrected chi connectivity index (χ2v) is 11.4. The zero-order valence-electron chi connectivity index (χ0n) is 26.8. The van der Waals surface area contributed by atoms with Crippen molar-refractivity contribution in [2.45, 2.75) is 77.4 Å². The van der Waals surface area contributed by atoms with E-state index in [-0.39, 0.29) is 17.7 Å². The SMILES string of the molecule is CC(=O)C1(C)c2ccccc2-c2ccccc21.CCC(F)(F)F.CCCCN1CCC(NC(=O)c2cc(NOC)ccn2)CC1. The lowest BCUT2D eigenvalue weighted by Crippen LogP contribution is -2.45. The molecule has 1 amide bonds. The third-order valence-corrected chi connectivity index (χ3v) is 8.29. The number of rotatable bonds is 8. The molecule has 0 saturated carbocycles. The van der Waals surface area contributed by atoms with E-state index in [0.717, 1.165) is 49.7 Å². The first kappa shape index (κ1) is 35.7. The zero-order chi connectivity index (χ0) is 33.0. The molecule has 1 aliphatic carbocycles. The fraction of sp³-hybridized carbons (Fsp3) is 0.457. The highest BCUT2D eigenvalue weighted by atomic mass is 19.4. The van der Waals surface area contributed by atoms with Gasteiger partial charge in [-0.15, -0.1) is 0 Å². The number of piperidine rings is 1. The maximum atomic E-state index is 12.3. The van der Waals surface area contributed by atoms with E-state index in [4.69, 9.17) is 4.84 Å². The number of alkyl halides is 3. The number of hydrogen-bond acceptors (Lipinski definition) is 6. The van der Waals surface area contributed by atoms with E-state index in [1.165, 1.54) is 37.6 Å². The predicted molar refractivity (Wildman–Crippen MR) is 172 cm³/mol. The van der Waals surface area contributed by atoms with Gasteiger partial charge < -0.3 is 10.2 Å². The minimum atomic E-state index is -3.96. The number of ketones is 1. The fourth-order valence-corrected chi connectivity index (χ4v) is 5.51. The lowest BCUT2D eigenvalue weighted by Gasteiger charge is -2.32. The van der Waals surface area contributed by atoms with Gasteiger partial charge in [0.15, 0.2) is 0 Å². The third-order valence-electron chi connectivity index (χ3n) is 8.29. The molecule has 1 fully saturated rings. The molecule has 7 nitrogen and oxygen atoms in total. The molecule has 2 aliphatic rings. The molecule has 2 N–H and O–H groups in total. The Morgan fingerprint density at radius 3 is 2.04 bits per heavy atom. The van der Waals surface area contributed by atoms with E-state index in [0.29, 0.717) is 5.69 Å². The standard InChI is InChI=1S/C16H26N4O2.C16H14O.C3H5F3/c1-3-4-9-20-10-6-13(7-11-20)18-16(21)15-12-14(19-22-2)5-8-17-15;1-11(17)16(2)14-9-5-3-7-12(14)13-8-4-6-10-15(13)16;1-2-3(4,5)6/h5,8,12-13H,3-4,6-7,9-11H2,1-2H3,(H,17,19)(H,18,21);3-10H,1-2H3;2H2,1H3. The summed E-state index contributed by atoms with van der Waals surface area (Å²) in [5.41, 5.74) is 8.01. The first-order valence-electron chi connectivity index (χ1n) is 15.5. The smallest absolute Gasteiger partial charge is 0.348 e. The second-order valence-electron chi connectivity index (χ2n) is 11.4. The third kappa shape index (κ3) is 9.61. The number of carbonyl (C=O) groups excluding carboxylic acids is 2. The van der Waals surface area contributed by atoms with Crippen molar-refractivity contribution in [3.8, 4) is 11.1 Å². The molecule has 3 aromatic rings. The zero-order valence-corrected chi connectivity index (χ0v) is 26.8. The van der Waals surface area contributed by atoms with Gasteiger partial charge in [0.1, 0.15) is 11.5 Å². The number of aromatic nitrogens is 1. The van der Waals surface area contributed by atoms with Crippen molar-refractivity contribution in [2.24, 2.45) is 0 Å². The van der Waals surface area contributed by atoms with Gasteiger partial charge >= 0.3 is 6.18 Å². The van der Waals surface area contributed by atoms with E-state index < -0.39 is 18.0 Å². The Labute approximate surface area is 264 Å². The number of pyridine rings is 1. The predicted octanol–water partition coefficient (Wildman–Crippen LogP) is 7.57. The molecule has 1 aliphatic heterocycles. The Morgan fingerprint density at radius 2 is 1.56 bits per heavy atom. The van der Waals surface area contributed by atoms with Crippen molar-refractivity contribution in [3.63, 3.8) is 0 Å². The minimum absolute atomic E-state index is 0.119. The minimum Gasteiger partial charge on any atom is -0.348 e. The van der Waals surface area contributed by atoms with Crippen LogP contribution in [-0.4, -0.2) is 60.5 Å². The van der Waals surface area contributed by atoms with Crippen LogP contribution in [0.2, 0.25) is 0 Å². The van der Waals surface area contributed by atoms with E-state index >= 15 is 0 Å². The number of halogens is 3. The van der Waals surface area contributed by atoms with Crippen molar-refractivity contribution in [1.29, 1.82) is 0 Å². The number of anilines is 1. The van der Waals surface area contributed by atoms with Crippen LogP contribution in [0.1, 0.15) is 81.4 Å². The van der Waals surface area contributed by atoms with Crippen LogP contribution in [0.3, 0.4) is 0 Å². The molecule has 45 heavy (non-hydrogen) atoms. The van der Waals surface area contributed by atoms with Gasteiger partial charge in [-0.3, -0.25) is 24.9 Å². The first-order valence-corrected chi connectivity index (χ1v) is 15.5. The first-order chi connectivity index (χ1) is 21.4. The van der Waals surface area contributed by atoms with Crippen LogP contribution in [0.15, 0.2) is 66.9 Å². The number of hydrogen-bond donors (Lipinski definition) is 2. The summed E-state index contributed by atoms with van der Waals surface area (Å²) in [6.45, 7) is 10.3. The molecule has 1 saturated heterocycles. The molecule has 0 radical (unpaired) electrons. The number of nitrogens with zero attached hydrogens (tertiary/aromatic N) is 2. The number of amides is 1. The van der Waals surface area contributed by atoms with Gasteiger partial charge in [0, 0.05) is 31.7 Å². The fourth-order valence-electron chi connectivity index (χ4n) is 5.51. The highest BCUT2D eigenvalue weighted by Gasteiger charge is 2.42. The Morgan fingerprint density at radius 1 is 1.00 bits per heavy atom. The van der Waals surface area contributed by atoms with Crippen LogP contribution in [0.25, 0.3) is 11.1 Å². The molecule has 0 unspecified atom stereocenters.